The molecule has 0 unspecified atom stereocenters. The van der Waals surface area contributed by atoms with Gasteiger partial charge in [0.1, 0.15) is 5.75 Å². The number of hydrogen-bond acceptors (Lipinski definition) is 4. The summed E-state index contributed by atoms with van der Waals surface area (Å²) in [5, 5.41) is 4.86. The first-order valence-corrected chi connectivity index (χ1v) is 7.91. The largest absolute Gasteiger partial charge is 0.380 e. The van der Waals surface area contributed by atoms with Crippen LogP contribution in [0.2, 0.25) is 0 Å². The van der Waals surface area contributed by atoms with E-state index in [1.54, 1.807) is 23.9 Å². The number of hydrogen-bond donors (Lipinski definition) is 1. The number of fused-ring (bicyclic) bond motifs is 2. The molecule has 0 spiro atoms. The molecule has 0 aliphatic carbocycles. The van der Waals surface area contributed by atoms with E-state index < -0.39 is 10.3 Å². The van der Waals surface area contributed by atoms with Crippen molar-refractivity contribution in [2.75, 3.05) is 0 Å². The zero-order chi connectivity index (χ0) is 13.5. The van der Waals surface area contributed by atoms with Crippen molar-refractivity contribution in [3.63, 3.8) is 0 Å². The van der Waals surface area contributed by atoms with Crippen molar-refractivity contribution in [2.24, 2.45) is 5.14 Å². The Labute approximate surface area is 115 Å². The molecule has 19 heavy (non-hydrogen) atoms. The zero-order valence-electron chi connectivity index (χ0n) is 9.87. The summed E-state index contributed by atoms with van der Waals surface area (Å²) in [5.74, 6) is 0.251. The van der Waals surface area contributed by atoms with Crippen molar-refractivity contribution in [3.05, 3.63) is 53.6 Å². The Morgan fingerprint density at radius 3 is 2.58 bits per heavy atom. The maximum atomic E-state index is 10.9. The normalized spacial score (nSPS) is 13.5. The molecule has 4 nitrogen and oxygen atoms in total. The minimum absolute atomic E-state index is 0.251. The standard InChI is InChI=1S/C13H11NO3S2/c14-19(15,16)17-11-5-6-13-10(8-11)7-9-3-1-2-4-12(9)18-13/h1-6,8H,7H2,(H2,14,15,16). The maximum Gasteiger partial charge on any atom is 0.380 e. The summed E-state index contributed by atoms with van der Waals surface area (Å²) in [6.45, 7) is 0. The Morgan fingerprint density at radius 1 is 1.05 bits per heavy atom. The maximum absolute atomic E-state index is 10.9. The fourth-order valence-corrected chi connectivity index (χ4v) is 3.48. The summed E-state index contributed by atoms with van der Waals surface area (Å²) < 4.78 is 26.5. The van der Waals surface area contributed by atoms with Gasteiger partial charge in [0.05, 0.1) is 0 Å². The first kappa shape index (κ1) is 12.5. The molecule has 1 aliphatic rings. The lowest BCUT2D eigenvalue weighted by molar-refractivity contribution is 0.487. The highest BCUT2D eigenvalue weighted by Crippen LogP contribution is 2.40. The monoisotopic (exact) mass is 293 g/mol. The van der Waals surface area contributed by atoms with Crippen LogP contribution >= 0.6 is 11.8 Å². The molecule has 0 radical (unpaired) electrons. The Morgan fingerprint density at radius 2 is 1.79 bits per heavy atom. The van der Waals surface area contributed by atoms with E-state index in [2.05, 4.69) is 12.1 Å². The van der Waals surface area contributed by atoms with Crippen molar-refractivity contribution in [1.82, 2.24) is 0 Å². The molecular formula is C13H11NO3S2. The number of nitrogens with two attached hydrogens (primary N) is 1. The highest BCUT2D eigenvalue weighted by atomic mass is 32.2. The fourth-order valence-electron chi connectivity index (χ4n) is 2.05. The van der Waals surface area contributed by atoms with Crippen LogP contribution in [0.5, 0.6) is 5.75 Å². The highest BCUT2D eigenvalue weighted by Gasteiger charge is 2.17. The quantitative estimate of drug-likeness (QED) is 0.787. The van der Waals surface area contributed by atoms with Crippen LogP contribution in [0.15, 0.2) is 52.3 Å². The van der Waals surface area contributed by atoms with Gasteiger partial charge in [0.2, 0.25) is 0 Å². The van der Waals surface area contributed by atoms with E-state index in [1.165, 1.54) is 10.5 Å². The molecule has 2 aromatic rings. The molecule has 2 aromatic carbocycles. The van der Waals surface area contributed by atoms with E-state index in [-0.39, 0.29) is 5.75 Å². The molecule has 0 fully saturated rings. The Hall–Kier alpha value is -1.50. The summed E-state index contributed by atoms with van der Waals surface area (Å²) >= 11 is 1.67. The molecule has 0 bridgehead atoms. The first-order chi connectivity index (χ1) is 9.01. The molecule has 0 atom stereocenters. The van der Waals surface area contributed by atoms with Crippen LogP contribution in [-0.2, 0) is 16.7 Å². The lowest BCUT2D eigenvalue weighted by Gasteiger charge is -2.19. The molecule has 0 saturated carbocycles. The third-order valence-corrected chi connectivity index (χ3v) is 4.48. The molecule has 3 rings (SSSR count). The van der Waals surface area contributed by atoms with Crippen LogP contribution in [0.3, 0.4) is 0 Å². The lowest BCUT2D eigenvalue weighted by Crippen LogP contribution is -2.19. The van der Waals surface area contributed by atoms with Crippen LogP contribution in [-0.4, -0.2) is 8.42 Å². The zero-order valence-corrected chi connectivity index (χ0v) is 11.5. The molecular weight excluding hydrogens is 282 g/mol. The third-order valence-electron chi connectivity index (χ3n) is 2.82. The second-order valence-corrected chi connectivity index (χ2v) is 6.47. The minimum atomic E-state index is -3.97. The van der Waals surface area contributed by atoms with E-state index in [0.29, 0.717) is 0 Å². The van der Waals surface area contributed by atoms with Crippen molar-refractivity contribution in [1.29, 1.82) is 0 Å². The molecule has 98 valence electrons. The second-order valence-electron chi connectivity index (χ2n) is 4.23. The van der Waals surface area contributed by atoms with Crippen LogP contribution in [0.4, 0.5) is 0 Å². The lowest BCUT2D eigenvalue weighted by atomic mass is 10.0. The average molecular weight is 293 g/mol. The van der Waals surface area contributed by atoms with Gasteiger partial charge in [-0.1, -0.05) is 30.0 Å². The van der Waals surface area contributed by atoms with Gasteiger partial charge in [0.25, 0.3) is 0 Å². The first-order valence-electron chi connectivity index (χ1n) is 5.62. The van der Waals surface area contributed by atoms with Crippen molar-refractivity contribution >= 4 is 22.1 Å². The molecule has 1 heterocycles. The molecule has 0 saturated heterocycles. The van der Waals surface area contributed by atoms with Crippen LogP contribution in [0.1, 0.15) is 11.1 Å². The average Bonchev–Trinajstić information content (AvgIpc) is 2.34. The summed E-state index contributed by atoms with van der Waals surface area (Å²) in [5.41, 5.74) is 2.28. The summed E-state index contributed by atoms with van der Waals surface area (Å²) in [4.78, 5) is 2.34. The van der Waals surface area contributed by atoms with Gasteiger partial charge >= 0.3 is 10.3 Å². The predicted molar refractivity (Wildman–Crippen MR) is 73.5 cm³/mol. The molecule has 2 N–H and O–H groups in total. The van der Waals surface area contributed by atoms with Crippen molar-refractivity contribution < 1.29 is 12.6 Å². The van der Waals surface area contributed by atoms with Crippen molar-refractivity contribution in [2.45, 2.75) is 16.2 Å². The summed E-state index contributed by atoms with van der Waals surface area (Å²) in [6, 6.07) is 13.4. The van der Waals surface area contributed by atoms with Crippen LogP contribution in [0, 0.1) is 0 Å². The Balaban J connectivity index is 1.96. The summed E-state index contributed by atoms with van der Waals surface area (Å²) in [6.07, 6.45) is 0.764. The van der Waals surface area contributed by atoms with Crippen molar-refractivity contribution in [3.8, 4) is 5.75 Å². The van der Waals surface area contributed by atoms with E-state index >= 15 is 0 Å². The van der Waals surface area contributed by atoms with Gasteiger partial charge in [0.15, 0.2) is 0 Å². The van der Waals surface area contributed by atoms with E-state index in [4.69, 9.17) is 9.32 Å². The fraction of sp³-hybridized carbons (Fsp3) is 0.0769. The van der Waals surface area contributed by atoms with Gasteiger partial charge in [-0.25, -0.2) is 0 Å². The van der Waals surface area contributed by atoms with Gasteiger partial charge in [-0.2, -0.15) is 13.6 Å². The van der Waals surface area contributed by atoms with E-state index in [9.17, 15) is 8.42 Å². The molecule has 6 heteroatoms. The predicted octanol–water partition coefficient (Wildman–Crippen LogP) is 2.32. The minimum Gasteiger partial charge on any atom is -0.371 e. The molecule has 0 amide bonds. The van der Waals surface area contributed by atoms with Crippen LogP contribution < -0.4 is 9.32 Å². The Kier molecular flexibility index (Phi) is 3.00. The second kappa shape index (κ2) is 4.56. The number of benzene rings is 2. The van der Waals surface area contributed by atoms with Gasteiger partial charge in [-0.15, -0.1) is 0 Å². The smallest absolute Gasteiger partial charge is 0.371 e. The van der Waals surface area contributed by atoms with Crippen LogP contribution in [0.25, 0.3) is 0 Å². The summed E-state index contributed by atoms with van der Waals surface area (Å²) in [7, 11) is -3.97. The van der Waals surface area contributed by atoms with E-state index in [1.807, 2.05) is 18.2 Å². The molecule has 0 aromatic heterocycles. The van der Waals surface area contributed by atoms with E-state index in [0.717, 1.165) is 16.9 Å². The third kappa shape index (κ3) is 2.75. The van der Waals surface area contributed by atoms with Gasteiger partial charge in [-0.3, -0.25) is 0 Å². The topological polar surface area (TPSA) is 69.4 Å². The Bertz CT molecular complexity index is 741. The highest BCUT2D eigenvalue weighted by molar-refractivity contribution is 7.99. The van der Waals surface area contributed by atoms with Gasteiger partial charge in [-0.05, 0) is 41.8 Å². The number of rotatable bonds is 2. The SMILES string of the molecule is NS(=O)(=O)Oc1ccc2c(c1)Cc1ccccc1S2. The van der Waals surface area contributed by atoms with Gasteiger partial charge in [0, 0.05) is 9.79 Å². The van der Waals surface area contributed by atoms with Gasteiger partial charge < -0.3 is 4.18 Å². The molecule has 1 aliphatic heterocycles.